The van der Waals surface area contributed by atoms with Gasteiger partial charge in [-0.2, -0.15) is 0 Å². The van der Waals surface area contributed by atoms with E-state index in [1.54, 1.807) is 6.20 Å². The van der Waals surface area contributed by atoms with Crippen molar-refractivity contribution in [3.63, 3.8) is 0 Å². The topological polar surface area (TPSA) is 75.4 Å². The standard InChI is InChI=1S/C9H12N2O3/c12-9(13)7-3-6(1-2-11-7)8-4-10-5-14-8/h4-7,11H,1-3H2,(H,12,13). The molecule has 2 atom stereocenters. The van der Waals surface area contributed by atoms with E-state index in [1.165, 1.54) is 6.39 Å². The number of piperidine rings is 1. The lowest BCUT2D eigenvalue weighted by Gasteiger charge is -2.25. The first kappa shape index (κ1) is 9.21. The Balaban J connectivity index is 2.04. The summed E-state index contributed by atoms with van der Waals surface area (Å²) in [5, 5.41) is 11.8. The highest BCUT2D eigenvalue weighted by atomic mass is 16.4. The van der Waals surface area contributed by atoms with Gasteiger partial charge < -0.3 is 14.8 Å². The van der Waals surface area contributed by atoms with Gasteiger partial charge in [0.05, 0.1) is 6.20 Å². The van der Waals surface area contributed by atoms with Crippen LogP contribution < -0.4 is 5.32 Å². The highest BCUT2D eigenvalue weighted by Gasteiger charge is 2.28. The number of carboxylic acids is 1. The monoisotopic (exact) mass is 196 g/mol. The zero-order chi connectivity index (χ0) is 9.97. The van der Waals surface area contributed by atoms with Crippen LogP contribution in [0.25, 0.3) is 0 Å². The van der Waals surface area contributed by atoms with E-state index < -0.39 is 12.0 Å². The molecule has 1 aliphatic rings. The Kier molecular flexibility index (Phi) is 2.49. The summed E-state index contributed by atoms with van der Waals surface area (Å²) < 4.78 is 5.17. The van der Waals surface area contributed by atoms with E-state index in [2.05, 4.69) is 10.3 Å². The van der Waals surface area contributed by atoms with Crippen LogP contribution in [0.1, 0.15) is 24.5 Å². The van der Waals surface area contributed by atoms with Gasteiger partial charge in [0.1, 0.15) is 11.8 Å². The predicted molar refractivity (Wildman–Crippen MR) is 47.9 cm³/mol. The smallest absolute Gasteiger partial charge is 0.320 e. The van der Waals surface area contributed by atoms with Gasteiger partial charge in [-0.05, 0) is 19.4 Å². The molecule has 1 saturated heterocycles. The Morgan fingerprint density at radius 1 is 1.71 bits per heavy atom. The maximum absolute atomic E-state index is 10.8. The number of aromatic nitrogens is 1. The number of oxazole rings is 1. The minimum Gasteiger partial charge on any atom is -0.480 e. The number of hydrogen-bond acceptors (Lipinski definition) is 4. The molecular weight excluding hydrogens is 184 g/mol. The van der Waals surface area contributed by atoms with Crippen LogP contribution in [-0.2, 0) is 4.79 Å². The molecule has 5 nitrogen and oxygen atoms in total. The van der Waals surface area contributed by atoms with Crippen molar-refractivity contribution in [2.45, 2.75) is 24.8 Å². The molecule has 0 radical (unpaired) electrons. The molecule has 0 aliphatic carbocycles. The molecule has 76 valence electrons. The number of carboxylic acid groups (broad SMARTS) is 1. The number of rotatable bonds is 2. The third-order valence-corrected chi connectivity index (χ3v) is 2.56. The first-order valence-corrected chi connectivity index (χ1v) is 4.62. The lowest BCUT2D eigenvalue weighted by atomic mass is 9.91. The van der Waals surface area contributed by atoms with E-state index in [4.69, 9.17) is 9.52 Å². The second kappa shape index (κ2) is 3.79. The molecule has 1 aliphatic heterocycles. The largest absolute Gasteiger partial charge is 0.480 e. The molecule has 1 aromatic heterocycles. The lowest BCUT2D eigenvalue weighted by molar-refractivity contribution is -0.140. The summed E-state index contributed by atoms with van der Waals surface area (Å²) in [5.41, 5.74) is 0. The van der Waals surface area contributed by atoms with Crippen LogP contribution in [0.2, 0.25) is 0 Å². The minimum absolute atomic E-state index is 0.180. The Bertz CT molecular complexity index is 310. The highest BCUT2D eigenvalue weighted by Crippen LogP contribution is 2.27. The van der Waals surface area contributed by atoms with Crippen molar-refractivity contribution in [1.82, 2.24) is 10.3 Å². The summed E-state index contributed by atoms with van der Waals surface area (Å²) in [5.74, 6) is 0.173. The fourth-order valence-electron chi connectivity index (χ4n) is 1.79. The maximum atomic E-state index is 10.8. The number of carbonyl (C=O) groups is 1. The van der Waals surface area contributed by atoms with Crippen LogP contribution in [0.3, 0.4) is 0 Å². The van der Waals surface area contributed by atoms with Crippen molar-refractivity contribution in [2.24, 2.45) is 0 Å². The molecule has 0 spiro atoms. The van der Waals surface area contributed by atoms with Gasteiger partial charge in [0.25, 0.3) is 0 Å². The Labute approximate surface area is 81.1 Å². The molecule has 0 bridgehead atoms. The van der Waals surface area contributed by atoms with Gasteiger partial charge in [-0.3, -0.25) is 4.79 Å². The van der Waals surface area contributed by atoms with Crippen LogP contribution in [0.15, 0.2) is 17.0 Å². The first-order valence-electron chi connectivity index (χ1n) is 4.62. The van der Waals surface area contributed by atoms with Gasteiger partial charge >= 0.3 is 5.97 Å². The van der Waals surface area contributed by atoms with Crippen molar-refractivity contribution in [3.8, 4) is 0 Å². The molecule has 2 heterocycles. The summed E-state index contributed by atoms with van der Waals surface area (Å²) in [6.45, 7) is 0.711. The van der Waals surface area contributed by atoms with Crippen molar-refractivity contribution in [1.29, 1.82) is 0 Å². The van der Waals surface area contributed by atoms with Crippen LogP contribution >= 0.6 is 0 Å². The molecular formula is C9H12N2O3. The Morgan fingerprint density at radius 3 is 3.21 bits per heavy atom. The number of hydrogen-bond donors (Lipinski definition) is 2. The number of nitrogens with one attached hydrogen (secondary N) is 1. The molecule has 0 aromatic carbocycles. The van der Waals surface area contributed by atoms with E-state index in [9.17, 15) is 4.79 Å². The van der Waals surface area contributed by atoms with E-state index in [0.717, 1.165) is 12.2 Å². The van der Waals surface area contributed by atoms with Gasteiger partial charge in [-0.25, -0.2) is 4.98 Å². The third kappa shape index (κ3) is 1.77. The lowest BCUT2D eigenvalue weighted by Crippen LogP contribution is -2.42. The summed E-state index contributed by atoms with van der Waals surface area (Å²) in [6.07, 6.45) is 4.52. The molecule has 1 fully saturated rings. The highest BCUT2D eigenvalue weighted by molar-refractivity contribution is 5.73. The number of nitrogens with zero attached hydrogens (tertiary/aromatic N) is 1. The van der Waals surface area contributed by atoms with Gasteiger partial charge in [-0.1, -0.05) is 0 Å². The van der Waals surface area contributed by atoms with Crippen molar-refractivity contribution >= 4 is 5.97 Å². The first-order chi connectivity index (χ1) is 6.77. The van der Waals surface area contributed by atoms with Gasteiger partial charge in [0.15, 0.2) is 6.39 Å². The Morgan fingerprint density at radius 2 is 2.57 bits per heavy atom. The van der Waals surface area contributed by atoms with Crippen LogP contribution in [0.4, 0.5) is 0 Å². The SMILES string of the molecule is O=C(O)C1CC(c2cnco2)CCN1. The molecule has 0 saturated carbocycles. The van der Waals surface area contributed by atoms with Crippen LogP contribution in [0.5, 0.6) is 0 Å². The maximum Gasteiger partial charge on any atom is 0.320 e. The fraction of sp³-hybridized carbons (Fsp3) is 0.556. The quantitative estimate of drug-likeness (QED) is 0.724. The Hall–Kier alpha value is -1.36. The summed E-state index contributed by atoms with van der Waals surface area (Å²) in [6, 6.07) is -0.459. The molecule has 2 N–H and O–H groups in total. The van der Waals surface area contributed by atoms with Crippen molar-refractivity contribution in [2.75, 3.05) is 6.54 Å². The molecule has 2 rings (SSSR count). The second-order valence-corrected chi connectivity index (χ2v) is 3.47. The summed E-state index contributed by atoms with van der Waals surface area (Å²) in [7, 11) is 0. The summed E-state index contributed by atoms with van der Waals surface area (Å²) >= 11 is 0. The van der Waals surface area contributed by atoms with E-state index in [0.29, 0.717) is 13.0 Å². The van der Waals surface area contributed by atoms with E-state index in [1.807, 2.05) is 0 Å². The van der Waals surface area contributed by atoms with Gasteiger partial charge in [-0.15, -0.1) is 0 Å². The molecule has 0 amide bonds. The fourth-order valence-corrected chi connectivity index (χ4v) is 1.79. The molecule has 5 heteroatoms. The van der Waals surface area contributed by atoms with E-state index >= 15 is 0 Å². The average Bonchev–Trinajstić information content (AvgIpc) is 2.71. The average molecular weight is 196 g/mol. The molecule has 14 heavy (non-hydrogen) atoms. The van der Waals surface area contributed by atoms with Crippen molar-refractivity contribution in [3.05, 3.63) is 18.4 Å². The van der Waals surface area contributed by atoms with Crippen LogP contribution in [0, 0.1) is 0 Å². The zero-order valence-corrected chi connectivity index (χ0v) is 7.64. The molecule has 1 aromatic rings. The summed E-state index contributed by atoms with van der Waals surface area (Å²) in [4.78, 5) is 14.6. The van der Waals surface area contributed by atoms with Crippen LogP contribution in [-0.4, -0.2) is 28.6 Å². The van der Waals surface area contributed by atoms with Crippen molar-refractivity contribution < 1.29 is 14.3 Å². The van der Waals surface area contributed by atoms with E-state index in [-0.39, 0.29) is 5.92 Å². The normalized spacial score (nSPS) is 27.4. The van der Waals surface area contributed by atoms with Gasteiger partial charge in [0.2, 0.25) is 0 Å². The zero-order valence-electron chi connectivity index (χ0n) is 7.64. The minimum atomic E-state index is -0.797. The van der Waals surface area contributed by atoms with Gasteiger partial charge in [0, 0.05) is 5.92 Å². The third-order valence-electron chi connectivity index (χ3n) is 2.56. The molecule has 2 unspecified atom stereocenters. The second-order valence-electron chi connectivity index (χ2n) is 3.47. The number of aliphatic carboxylic acids is 1. The predicted octanol–water partition coefficient (Wildman–Crippen LogP) is 0.595.